The summed E-state index contributed by atoms with van der Waals surface area (Å²) in [4.78, 5) is 15.7. The summed E-state index contributed by atoms with van der Waals surface area (Å²) in [5.41, 5.74) is 3.38. The molecule has 0 unspecified atom stereocenters. The number of H-pyrrole nitrogens is 1. The summed E-state index contributed by atoms with van der Waals surface area (Å²) in [5.74, 6) is 0.298. The van der Waals surface area contributed by atoms with Crippen molar-refractivity contribution in [1.82, 2.24) is 20.1 Å². The Morgan fingerprint density at radius 2 is 2.04 bits per heavy atom. The lowest BCUT2D eigenvalue weighted by Gasteiger charge is -2.10. The first-order valence-corrected chi connectivity index (χ1v) is 9.17. The van der Waals surface area contributed by atoms with Crippen LogP contribution in [0.4, 0.5) is 0 Å². The van der Waals surface area contributed by atoms with Crippen LogP contribution in [0.25, 0.3) is 22.3 Å². The van der Waals surface area contributed by atoms with Crippen LogP contribution in [0.5, 0.6) is 5.75 Å². The van der Waals surface area contributed by atoms with Gasteiger partial charge < -0.3 is 15.0 Å². The standard InChI is InChI=1S/C14H13N3O.C7H11NO/c1-2-9-8-15-14-11(9)7-12(16-17-14)10-5-3-4-6-13(10)18;1-2-7(9)8-5-3-4-6-8/h3-8,18H,2H2,1H3,(H,15,17);2H,1,3-6H2. The van der Waals surface area contributed by atoms with Gasteiger partial charge in [-0.2, -0.15) is 0 Å². The molecule has 1 amide bonds. The van der Waals surface area contributed by atoms with Gasteiger partial charge in [-0.25, -0.2) is 0 Å². The second kappa shape index (κ2) is 8.49. The zero-order valence-electron chi connectivity index (χ0n) is 15.5. The third-order valence-corrected chi connectivity index (χ3v) is 4.68. The molecule has 1 aliphatic heterocycles. The van der Waals surface area contributed by atoms with Crippen LogP contribution >= 0.6 is 0 Å². The molecule has 2 N–H and O–H groups in total. The van der Waals surface area contributed by atoms with Crippen LogP contribution < -0.4 is 0 Å². The van der Waals surface area contributed by atoms with Gasteiger partial charge in [0.25, 0.3) is 0 Å². The fourth-order valence-electron chi connectivity index (χ4n) is 3.16. The van der Waals surface area contributed by atoms with Crippen molar-refractivity contribution in [2.24, 2.45) is 0 Å². The third kappa shape index (κ3) is 4.16. The Morgan fingerprint density at radius 1 is 1.30 bits per heavy atom. The lowest BCUT2D eigenvalue weighted by atomic mass is 10.1. The number of hydrogen-bond acceptors (Lipinski definition) is 4. The number of likely N-dealkylation sites (tertiary alicyclic amines) is 1. The van der Waals surface area contributed by atoms with E-state index in [1.807, 2.05) is 29.3 Å². The lowest BCUT2D eigenvalue weighted by Crippen LogP contribution is -2.25. The fourth-order valence-corrected chi connectivity index (χ4v) is 3.16. The highest BCUT2D eigenvalue weighted by atomic mass is 16.3. The van der Waals surface area contributed by atoms with E-state index in [0.29, 0.717) is 11.3 Å². The molecule has 0 radical (unpaired) electrons. The van der Waals surface area contributed by atoms with Crippen LogP contribution in [0.2, 0.25) is 0 Å². The van der Waals surface area contributed by atoms with E-state index in [1.54, 1.807) is 12.1 Å². The van der Waals surface area contributed by atoms with Gasteiger partial charge in [-0.3, -0.25) is 4.79 Å². The van der Waals surface area contributed by atoms with Gasteiger partial charge in [-0.05, 0) is 49.1 Å². The highest BCUT2D eigenvalue weighted by Crippen LogP contribution is 2.29. The van der Waals surface area contributed by atoms with E-state index in [2.05, 4.69) is 28.7 Å². The van der Waals surface area contributed by atoms with E-state index in [9.17, 15) is 9.90 Å². The smallest absolute Gasteiger partial charge is 0.245 e. The van der Waals surface area contributed by atoms with Gasteiger partial charge in [-0.15, -0.1) is 10.2 Å². The molecular weight excluding hydrogens is 340 g/mol. The molecule has 0 atom stereocenters. The van der Waals surface area contributed by atoms with Gasteiger partial charge in [0.1, 0.15) is 5.75 Å². The number of para-hydroxylation sites is 1. The zero-order valence-corrected chi connectivity index (χ0v) is 15.5. The molecule has 4 rings (SSSR count). The number of carbonyl (C=O) groups excluding carboxylic acids is 1. The van der Waals surface area contributed by atoms with Crippen LogP contribution in [0, 0.1) is 0 Å². The summed E-state index contributed by atoms with van der Waals surface area (Å²) in [6.45, 7) is 7.36. The number of nitrogens with zero attached hydrogens (tertiary/aromatic N) is 3. The number of amides is 1. The molecule has 0 spiro atoms. The van der Waals surface area contributed by atoms with E-state index >= 15 is 0 Å². The number of phenols is 1. The minimum absolute atomic E-state index is 0.0764. The molecule has 0 bridgehead atoms. The molecule has 6 nitrogen and oxygen atoms in total. The SMILES string of the molecule is C=CC(=O)N1CCCC1.CCc1c[nH]c2nnc(-c3ccccc3O)cc12. The number of rotatable bonds is 3. The number of aromatic nitrogens is 3. The van der Waals surface area contributed by atoms with Crippen LogP contribution in [0.15, 0.2) is 49.2 Å². The van der Waals surface area contributed by atoms with E-state index in [0.717, 1.165) is 43.4 Å². The van der Waals surface area contributed by atoms with Gasteiger partial charge >= 0.3 is 0 Å². The first kappa shape index (κ1) is 18.6. The number of benzene rings is 1. The van der Waals surface area contributed by atoms with E-state index in [4.69, 9.17) is 0 Å². The predicted molar refractivity (Wildman–Crippen MR) is 106 cm³/mol. The number of carbonyl (C=O) groups is 1. The quantitative estimate of drug-likeness (QED) is 0.695. The van der Waals surface area contributed by atoms with E-state index in [1.165, 1.54) is 11.6 Å². The van der Waals surface area contributed by atoms with Crippen molar-refractivity contribution in [2.75, 3.05) is 13.1 Å². The van der Waals surface area contributed by atoms with Crippen LogP contribution in [0.3, 0.4) is 0 Å². The predicted octanol–water partition coefficient (Wildman–Crippen LogP) is 3.69. The highest BCUT2D eigenvalue weighted by molar-refractivity contribution is 5.87. The molecule has 0 saturated carbocycles. The van der Waals surface area contributed by atoms with Crippen molar-refractivity contribution in [2.45, 2.75) is 26.2 Å². The summed E-state index contributed by atoms with van der Waals surface area (Å²) >= 11 is 0. The van der Waals surface area contributed by atoms with Gasteiger partial charge in [0.2, 0.25) is 5.91 Å². The Morgan fingerprint density at radius 3 is 2.70 bits per heavy atom. The highest BCUT2D eigenvalue weighted by Gasteiger charge is 2.14. The molecule has 6 heteroatoms. The molecular formula is C21H24N4O2. The number of aromatic hydroxyl groups is 1. The number of phenolic OH excluding ortho intramolecular Hbond substituents is 1. The molecule has 1 saturated heterocycles. The molecule has 0 aliphatic carbocycles. The Balaban J connectivity index is 0.000000197. The van der Waals surface area contributed by atoms with Crippen molar-refractivity contribution in [3.8, 4) is 17.0 Å². The Bertz CT molecular complexity index is 942. The second-order valence-corrected chi connectivity index (χ2v) is 6.41. The largest absolute Gasteiger partial charge is 0.507 e. The Kier molecular flexibility index (Phi) is 5.86. The minimum Gasteiger partial charge on any atom is -0.507 e. The summed E-state index contributed by atoms with van der Waals surface area (Å²) in [7, 11) is 0. The molecule has 3 heterocycles. The minimum atomic E-state index is 0.0764. The van der Waals surface area contributed by atoms with Crippen LogP contribution in [-0.2, 0) is 11.2 Å². The maximum absolute atomic E-state index is 10.8. The van der Waals surface area contributed by atoms with Gasteiger partial charge in [0.15, 0.2) is 5.65 Å². The molecule has 1 fully saturated rings. The van der Waals surface area contributed by atoms with Gasteiger partial charge in [-0.1, -0.05) is 25.6 Å². The maximum Gasteiger partial charge on any atom is 0.245 e. The van der Waals surface area contributed by atoms with E-state index < -0.39 is 0 Å². The molecule has 140 valence electrons. The first-order valence-electron chi connectivity index (χ1n) is 9.17. The van der Waals surface area contributed by atoms with Crippen molar-refractivity contribution < 1.29 is 9.90 Å². The molecule has 3 aromatic rings. The number of aryl methyl sites for hydroxylation is 1. The Labute approximate surface area is 158 Å². The fraction of sp³-hybridized carbons (Fsp3) is 0.286. The van der Waals surface area contributed by atoms with Crippen molar-refractivity contribution in [1.29, 1.82) is 0 Å². The van der Waals surface area contributed by atoms with Crippen molar-refractivity contribution in [3.63, 3.8) is 0 Å². The zero-order chi connectivity index (χ0) is 19.2. The molecule has 1 aromatic carbocycles. The number of fused-ring (bicyclic) bond motifs is 1. The number of hydrogen-bond donors (Lipinski definition) is 2. The summed E-state index contributed by atoms with van der Waals surface area (Å²) in [6.07, 6.45) is 6.57. The monoisotopic (exact) mass is 364 g/mol. The van der Waals surface area contributed by atoms with Crippen molar-refractivity contribution >= 4 is 16.9 Å². The number of aromatic amines is 1. The van der Waals surface area contributed by atoms with Gasteiger partial charge in [0.05, 0.1) is 5.69 Å². The topological polar surface area (TPSA) is 82.1 Å². The van der Waals surface area contributed by atoms with E-state index in [-0.39, 0.29) is 11.7 Å². The molecule has 27 heavy (non-hydrogen) atoms. The summed E-state index contributed by atoms with van der Waals surface area (Å²) in [6, 6.07) is 9.12. The molecule has 2 aromatic heterocycles. The second-order valence-electron chi connectivity index (χ2n) is 6.41. The lowest BCUT2D eigenvalue weighted by molar-refractivity contribution is -0.124. The van der Waals surface area contributed by atoms with Crippen LogP contribution in [0.1, 0.15) is 25.3 Å². The maximum atomic E-state index is 10.8. The summed E-state index contributed by atoms with van der Waals surface area (Å²) < 4.78 is 0. The van der Waals surface area contributed by atoms with Gasteiger partial charge in [0, 0.05) is 30.2 Å². The van der Waals surface area contributed by atoms with Crippen LogP contribution in [-0.4, -0.2) is 44.2 Å². The number of nitrogens with one attached hydrogen (secondary N) is 1. The normalized spacial score (nSPS) is 13.3. The average Bonchev–Trinajstić information content (AvgIpc) is 3.37. The third-order valence-electron chi connectivity index (χ3n) is 4.68. The average molecular weight is 364 g/mol. The molecule has 1 aliphatic rings. The first-order chi connectivity index (χ1) is 13.1. The van der Waals surface area contributed by atoms with Crippen molar-refractivity contribution in [3.05, 3.63) is 54.7 Å². The Hall–Kier alpha value is -3.15. The summed E-state index contributed by atoms with van der Waals surface area (Å²) in [5, 5.41) is 19.2.